The van der Waals surface area contributed by atoms with Crippen molar-refractivity contribution in [3.8, 4) is 0 Å². The molecule has 2 rings (SSSR count). The Bertz CT molecular complexity index is 243. The minimum absolute atomic E-state index is 0.534. The summed E-state index contributed by atoms with van der Waals surface area (Å²) in [5, 5.41) is 3.48. The lowest BCUT2D eigenvalue weighted by Crippen LogP contribution is -2.52. The van der Waals surface area contributed by atoms with E-state index < -0.39 is 12.7 Å². The molecule has 1 unspecified atom stereocenters. The maximum absolute atomic E-state index is 12.2. The minimum Gasteiger partial charge on any atom is -0.313 e. The summed E-state index contributed by atoms with van der Waals surface area (Å²) in [5.74, 6) is 0. The second kappa shape index (κ2) is 6.21. The van der Waals surface area contributed by atoms with Gasteiger partial charge in [-0.15, -0.1) is 0 Å². The predicted octanol–water partition coefficient (Wildman–Crippen LogP) is 1.31. The first-order valence-corrected chi connectivity index (χ1v) is 6.78. The third kappa shape index (κ3) is 4.74. The SMILES string of the molecule is FC(F)(F)CN1CCN(CC2CCCCN2)CC1. The van der Waals surface area contributed by atoms with Crippen LogP contribution in [0.2, 0.25) is 0 Å². The zero-order valence-electron chi connectivity index (χ0n) is 10.7. The highest BCUT2D eigenvalue weighted by molar-refractivity contribution is 4.80. The molecule has 0 aliphatic carbocycles. The van der Waals surface area contributed by atoms with Crippen LogP contribution in [0.5, 0.6) is 0 Å². The van der Waals surface area contributed by atoms with E-state index in [9.17, 15) is 13.2 Å². The van der Waals surface area contributed by atoms with Gasteiger partial charge in [0.05, 0.1) is 6.54 Å². The number of nitrogens with one attached hydrogen (secondary N) is 1. The molecule has 1 atom stereocenters. The molecule has 3 nitrogen and oxygen atoms in total. The zero-order chi connectivity index (χ0) is 13.0. The number of rotatable bonds is 3. The van der Waals surface area contributed by atoms with E-state index in [0.717, 1.165) is 26.2 Å². The maximum atomic E-state index is 12.2. The van der Waals surface area contributed by atoms with Crippen molar-refractivity contribution in [2.75, 3.05) is 45.8 Å². The summed E-state index contributed by atoms with van der Waals surface area (Å²) < 4.78 is 36.7. The van der Waals surface area contributed by atoms with Crippen LogP contribution in [0.3, 0.4) is 0 Å². The van der Waals surface area contributed by atoms with Gasteiger partial charge in [0, 0.05) is 38.8 Å². The normalized spacial score (nSPS) is 28.5. The van der Waals surface area contributed by atoms with Gasteiger partial charge >= 0.3 is 6.18 Å². The predicted molar refractivity (Wildman–Crippen MR) is 64.6 cm³/mol. The molecular formula is C12H22F3N3. The van der Waals surface area contributed by atoms with Crippen molar-refractivity contribution in [2.45, 2.75) is 31.5 Å². The number of nitrogens with zero attached hydrogens (tertiary/aromatic N) is 2. The molecule has 106 valence electrons. The Kier molecular flexibility index (Phi) is 4.86. The molecule has 0 saturated carbocycles. The van der Waals surface area contributed by atoms with Gasteiger partial charge in [0.25, 0.3) is 0 Å². The summed E-state index contributed by atoms with van der Waals surface area (Å²) in [7, 11) is 0. The highest BCUT2D eigenvalue weighted by Crippen LogP contribution is 2.18. The van der Waals surface area contributed by atoms with Crippen LogP contribution in [0, 0.1) is 0 Å². The molecule has 2 heterocycles. The van der Waals surface area contributed by atoms with Crippen LogP contribution in [0.1, 0.15) is 19.3 Å². The smallest absolute Gasteiger partial charge is 0.313 e. The lowest BCUT2D eigenvalue weighted by molar-refractivity contribution is -0.149. The van der Waals surface area contributed by atoms with Crippen LogP contribution in [0.25, 0.3) is 0 Å². The molecule has 0 bridgehead atoms. The first-order valence-electron chi connectivity index (χ1n) is 6.78. The van der Waals surface area contributed by atoms with Crippen LogP contribution in [-0.4, -0.2) is 67.8 Å². The Morgan fingerprint density at radius 1 is 1.00 bits per heavy atom. The van der Waals surface area contributed by atoms with E-state index in [1.54, 1.807) is 0 Å². The topological polar surface area (TPSA) is 18.5 Å². The van der Waals surface area contributed by atoms with E-state index in [1.807, 2.05) is 0 Å². The number of hydrogen-bond donors (Lipinski definition) is 1. The van der Waals surface area contributed by atoms with E-state index in [4.69, 9.17) is 0 Å². The van der Waals surface area contributed by atoms with Crippen molar-refractivity contribution >= 4 is 0 Å². The molecular weight excluding hydrogens is 243 g/mol. The molecule has 2 aliphatic heterocycles. The first-order chi connectivity index (χ1) is 8.53. The summed E-state index contributed by atoms with van der Waals surface area (Å²) in [5.41, 5.74) is 0. The van der Waals surface area contributed by atoms with Gasteiger partial charge in [0.15, 0.2) is 0 Å². The molecule has 2 fully saturated rings. The van der Waals surface area contributed by atoms with Crippen LogP contribution in [-0.2, 0) is 0 Å². The fourth-order valence-corrected chi connectivity index (χ4v) is 2.78. The largest absolute Gasteiger partial charge is 0.401 e. The summed E-state index contributed by atoms with van der Waals surface area (Å²) in [4.78, 5) is 3.79. The second-order valence-electron chi connectivity index (χ2n) is 5.34. The standard InChI is InChI=1S/C12H22F3N3/c13-12(14,15)10-18-7-5-17(6-8-18)9-11-3-1-2-4-16-11/h11,16H,1-10H2. The lowest BCUT2D eigenvalue weighted by atomic mass is 10.0. The zero-order valence-corrected chi connectivity index (χ0v) is 10.7. The number of hydrogen-bond acceptors (Lipinski definition) is 3. The molecule has 18 heavy (non-hydrogen) atoms. The fourth-order valence-electron chi connectivity index (χ4n) is 2.78. The van der Waals surface area contributed by atoms with Gasteiger partial charge in [0.2, 0.25) is 0 Å². The summed E-state index contributed by atoms with van der Waals surface area (Å²) in [6, 6.07) is 0.535. The average Bonchev–Trinajstić information content (AvgIpc) is 2.31. The third-order valence-corrected chi connectivity index (χ3v) is 3.76. The van der Waals surface area contributed by atoms with Crippen molar-refractivity contribution in [3.05, 3.63) is 0 Å². The van der Waals surface area contributed by atoms with E-state index >= 15 is 0 Å². The molecule has 0 amide bonds. The number of alkyl halides is 3. The number of halogens is 3. The Labute approximate surface area is 106 Å². The van der Waals surface area contributed by atoms with Gasteiger partial charge in [-0.25, -0.2) is 0 Å². The van der Waals surface area contributed by atoms with E-state index in [2.05, 4.69) is 10.2 Å². The van der Waals surface area contributed by atoms with Crippen LogP contribution < -0.4 is 5.32 Å². The van der Waals surface area contributed by atoms with Crippen molar-refractivity contribution in [1.29, 1.82) is 0 Å². The third-order valence-electron chi connectivity index (χ3n) is 3.76. The van der Waals surface area contributed by atoms with Crippen LogP contribution in [0.15, 0.2) is 0 Å². The Morgan fingerprint density at radius 3 is 2.22 bits per heavy atom. The lowest BCUT2D eigenvalue weighted by Gasteiger charge is -2.37. The Morgan fingerprint density at radius 2 is 1.67 bits per heavy atom. The molecule has 0 aromatic heterocycles. The minimum atomic E-state index is -4.06. The number of piperazine rings is 1. The van der Waals surface area contributed by atoms with E-state index in [1.165, 1.54) is 24.2 Å². The Hall–Kier alpha value is -0.330. The summed E-state index contributed by atoms with van der Waals surface area (Å²) >= 11 is 0. The first kappa shape index (κ1) is 14.1. The number of piperidine rings is 1. The molecule has 0 aromatic carbocycles. The monoisotopic (exact) mass is 265 g/mol. The average molecular weight is 265 g/mol. The highest BCUT2D eigenvalue weighted by atomic mass is 19.4. The van der Waals surface area contributed by atoms with Crippen LogP contribution >= 0.6 is 0 Å². The summed E-state index contributed by atoms with van der Waals surface area (Å²) in [6.45, 7) is 3.89. The van der Waals surface area contributed by atoms with E-state index in [0.29, 0.717) is 19.1 Å². The van der Waals surface area contributed by atoms with Gasteiger partial charge < -0.3 is 5.32 Å². The maximum Gasteiger partial charge on any atom is 0.401 e. The van der Waals surface area contributed by atoms with Crippen molar-refractivity contribution in [3.63, 3.8) is 0 Å². The summed E-state index contributed by atoms with van der Waals surface area (Å²) in [6.07, 6.45) is -0.350. The molecule has 0 spiro atoms. The molecule has 1 N–H and O–H groups in total. The Balaban J connectivity index is 1.66. The molecule has 6 heteroatoms. The van der Waals surface area contributed by atoms with Crippen molar-refractivity contribution < 1.29 is 13.2 Å². The second-order valence-corrected chi connectivity index (χ2v) is 5.34. The van der Waals surface area contributed by atoms with Gasteiger partial charge in [-0.3, -0.25) is 9.80 Å². The van der Waals surface area contributed by atoms with Crippen LogP contribution in [0.4, 0.5) is 13.2 Å². The fraction of sp³-hybridized carbons (Fsp3) is 1.00. The van der Waals surface area contributed by atoms with Crippen molar-refractivity contribution in [2.24, 2.45) is 0 Å². The van der Waals surface area contributed by atoms with Gasteiger partial charge in [-0.1, -0.05) is 6.42 Å². The van der Waals surface area contributed by atoms with Gasteiger partial charge in [-0.2, -0.15) is 13.2 Å². The molecule has 0 aromatic rings. The van der Waals surface area contributed by atoms with Crippen molar-refractivity contribution in [1.82, 2.24) is 15.1 Å². The molecule has 2 saturated heterocycles. The highest BCUT2D eigenvalue weighted by Gasteiger charge is 2.32. The molecule has 0 radical (unpaired) electrons. The molecule has 2 aliphatic rings. The van der Waals surface area contributed by atoms with Gasteiger partial charge in [-0.05, 0) is 19.4 Å². The van der Waals surface area contributed by atoms with E-state index in [-0.39, 0.29) is 0 Å². The quantitative estimate of drug-likeness (QED) is 0.830. The van der Waals surface area contributed by atoms with Gasteiger partial charge in [0.1, 0.15) is 0 Å².